The van der Waals surface area contributed by atoms with E-state index in [0.29, 0.717) is 37.4 Å². The standard InChI is InChI=1S/C28H35FN4O4/c1-27(2,3)37-26(36)32-18-28(19-32)11-13-31(14-12-28)25(35)33(22-7-5-4-6-8-22)17-21-10-9-20(15-23(21)29)24(34)16-30/h4-10,15H,11-14,16-19,30H2,1-3H3. The van der Waals surface area contributed by atoms with Crippen molar-refractivity contribution in [3.8, 4) is 0 Å². The van der Waals surface area contributed by atoms with E-state index >= 15 is 0 Å². The van der Waals surface area contributed by atoms with Crippen molar-refractivity contribution < 1.29 is 23.5 Å². The molecule has 2 aromatic carbocycles. The molecule has 3 amide bonds. The number of nitrogens with two attached hydrogens (primary N) is 1. The molecule has 0 aliphatic carbocycles. The zero-order chi connectivity index (χ0) is 26.8. The molecule has 2 aliphatic rings. The number of ether oxygens (including phenoxy) is 1. The Bertz CT molecular complexity index is 1150. The van der Waals surface area contributed by atoms with Crippen molar-refractivity contribution in [3.63, 3.8) is 0 Å². The molecular weight excluding hydrogens is 475 g/mol. The predicted molar refractivity (Wildman–Crippen MR) is 139 cm³/mol. The van der Waals surface area contributed by atoms with Gasteiger partial charge in [0.25, 0.3) is 0 Å². The number of carbonyl (C=O) groups excluding carboxylic acids is 3. The van der Waals surface area contributed by atoms with Gasteiger partial charge in [0.1, 0.15) is 11.4 Å². The number of likely N-dealkylation sites (tertiary alicyclic amines) is 2. The Morgan fingerprint density at radius 2 is 1.68 bits per heavy atom. The SMILES string of the molecule is CC(C)(C)OC(=O)N1CC2(CCN(C(=O)N(Cc3ccc(C(=O)CN)cc3F)c3ccccc3)CC2)C1. The summed E-state index contributed by atoms with van der Waals surface area (Å²) < 4.78 is 20.4. The van der Waals surface area contributed by atoms with Crippen molar-refractivity contribution in [2.24, 2.45) is 11.1 Å². The maximum absolute atomic E-state index is 14.9. The lowest BCUT2D eigenvalue weighted by atomic mass is 9.72. The van der Waals surface area contributed by atoms with Crippen molar-refractivity contribution in [2.45, 2.75) is 45.8 Å². The summed E-state index contributed by atoms with van der Waals surface area (Å²) in [5, 5.41) is 0. The third-order valence-electron chi connectivity index (χ3n) is 6.99. The molecule has 2 aromatic rings. The lowest BCUT2D eigenvalue weighted by Crippen LogP contribution is -2.63. The minimum Gasteiger partial charge on any atom is -0.444 e. The number of Topliss-reactive ketones (excluding diaryl/α,β-unsaturated/α-hetero) is 1. The highest BCUT2D eigenvalue weighted by Crippen LogP contribution is 2.41. The summed E-state index contributed by atoms with van der Waals surface area (Å²) >= 11 is 0. The summed E-state index contributed by atoms with van der Waals surface area (Å²) in [5.74, 6) is -0.896. The molecule has 1 spiro atoms. The first kappa shape index (κ1) is 26.6. The zero-order valence-electron chi connectivity index (χ0n) is 21.7. The van der Waals surface area contributed by atoms with E-state index in [2.05, 4.69) is 0 Å². The monoisotopic (exact) mass is 510 g/mol. The molecule has 2 N–H and O–H groups in total. The van der Waals surface area contributed by atoms with Crippen molar-refractivity contribution >= 4 is 23.6 Å². The molecule has 4 rings (SSSR count). The van der Waals surface area contributed by atoms with Gasteiger partial charge in [-0.25, -0.2) is 14.0 Å². The van der Waals surface area contributed by atoms with E-state index in [1.165, 1.54) is 12.1 Å². The fraction of sp³-hybridized carbons (Fsp3) is 0.464. The van der Waals surface area contributed by atoms with Gasteiger partial charge in [-0.05, 0) is 51.8 Å². The molecule has 0 aromatic heterocycles. The van der Waals surface area contributed by atoms with Crippen LogP contribution in [0.5, 0.6) is 0 Å². The maximum atomic E-state index is 14.9. The van der Waals surface area contributed by atoms with E-state index in [0.717, 1.165) is 12.8 Å². The van der Waals surface area contributed by atoms with Crippen LogP contribution in [0.2, 0.25) is 0 Å². The average molecular weight is 511 g/mol. The van der Waals surface area contributed by atoms with Gasteiger partial charge in [-0.3, -0.25) is 9.69 Å². The third kappa shape index (κ3) is 6.10. The largest absolute Gasteiger partial charge is 0.444 e. The fourth-order valence-electron chi connectivity index (χ4n) is 4.89. The van der Waals surface area contributed by atoms with Crippen LogP contribution in [0.4, 0.5) is 19.7 Å². The molecule has 0 saturated carbocycles. The molecule has 2 aliphatic heterocycles. The molecule has 8 nitrogen and oxygen atoms in total. The Balaban J connectivity index is 1.43. The first-order valence-corrected chi connectivity index (χ1v) is 12.6. The van der Waals surface area contributed by atoms with E-state index in [4.69, 9.17) is 10.5 Å². The van der Waals surface area contributed by atoms with Crippen LogP contribution in [-0.4, -0.2) is 66.0 Å². The van der Waals surface area contributed by atoms with E-state index in [1.807, 2.05) is 51.1 Å². The first-order valence-electron chi connectivity index (χ1n) is 12.6. The summed E-state index contributed by atoms with van der Waals surface area (Å²) in [6.07, 6.45) is 1.27. The number of para-hydroxylation sites is 1. The van der Waals surface area contributed by atoms with Gasteiger partial charge in [0, 0.05) is 48.4 Å². The Morgan fingerprint density at radius 3 is 2.24 bits per heavy atom. The lowest BCUT2D eigenvalue weighted by Gasteiger charge is -2.53. The van der Waals surface area contributed by atoms with Crippen LogP contribution in [0.1, 0.15) is 49.5 Å². The average Bonchev–Trinajstić information content (AvgIpc) is 2.85. The second-order valence-corrected chi connectivity index (χ2v) is 11.0. The van der Waals surface area contributed by atoms with Crippen LogP contribution in [-0.2, 0) is 11.3 Å². The number of halogens is 1. The molecule has 0 bridgehead atoms. The minimum atomic E-state index is -0.553. The number of amides is 3. The molecular formula is C28H35FN4O4. The molecule has 0 atom stereocenters. The summed E-state index contributed by atoms with van der Waals surface area (Å²) in [6, 6.07) is 13.2. The topological polar surface area (TPSA) is 96.2 Å². The van der Waals surface area contributed by atoms with Crippen LogP contribution in [0.15, 0.2) is 48.5 Å². The summed E-state index contributed by atoms with van der Waals surface area (Å²) in [6.45, 7) is 7.75. The van der Waals surface area contributed by atoms with E-state index in [-0.39, 0.29) is 42.0 Å². The normalized spacial score (nSPS) is 16.8. The van der Waals surface area contributed by atoms with Crippen molar-refractivity contribution in [2.75, 3.05) is 37.6 Å². The van der Waals surface area contributed by atoms with Gasteiger partial charge in [0.05, 0.1) is 13.1 Å². The predicted octanol–water partition coefficient (Wildman–Crippen LogP) is 4.43. The number of hydrogen-bond donors (Lipinski definition) is 1. The number of carbonyl (C=O) groups is 3. The second-order valence-electron chi connectivity index (χ2n) is 11.0. The van der Waals surface area contributed by atoms with Crippen LogP contribution >= 0.6 is 0 Å². The number of rotatable bonds is 5. The molecule has 37 heavy (non-hydrogen) atoms. The van der Waals surface area contributed by atoms with E-state index < -0.39 is 11.4 Å². The molecule has 0 unspecified atom stereocenters. The number of benzene rings is 2. The van der Waals surface area contributed by atoms with Gasteiger partial charge in [-0.15, -0.1) is 0 Å². The number of anilines is 1. The quantitative estimate of drug-likeness (QED) is 0.601. The molecule has 2 heterocycles. The van der Waals surface area contributed by atoms with Crippen molar-refractivity contribution in [3.05, 3.63) is 65.5 Å². The van der Waals surface area contributed by atoms with Crippen LogP contribution in [0, 0.1) is 11.2 Å². The number of ketones is 1. The van der Waals surface area contributed by atoms with Crippen LogP contribution in [0.25, 0.3) is 0 Å². The van der Waals surface area contributed by atoms with Gasteiger partial charge in [0.2, 0.25) is 0 Å². The highest BCUT2D eigenvalue weighted by molar-refractivity contribution is 5.97. The smallest absolute Gasteiger partial charge is 0.410 e. The molecule has 9 heteroatoms. The highest BCUT2D eigenvalue weighted by atomic mass is 19.1. The van der Waals surface area contributed by atoms with E-state index in [9.17, 15) is 18.8 Å². The van der Waals surface area contributed by atoms with Crippen LogP contribution in [0.3, 0.4) is 0 Å². The Hall–Kier alpha value is -3.46. The fourth-order valence-corrected chi connectivity index (χ4v) is 4.89. The van der Waals surface area contributed by atoms with Crippen molar-refractivity contribution in [1.82, 2.24) is 9.80 Å². The molecule has 2 saturated heterocycles. The summed E-state index contributed by atoms with van der Waals surface area (Å²) in [5.41, 5.74) is 6.05. The number of piperidine rings is 1. The Kier molecular flexibility index (Phi) is 7.54. The number of urea groups is 1. The highest BCUT2D eigenvalue weighted by Gasteiger charge is 2.48. The zero-order valence-corrected chi connectivity index (χ0v) is 21.7. The Labute approximate surface area is 217 Å². The lowest BCUT2D eigenvalue weighted by molar-refractivity contribution is -0.0548. The minimum absolute atomic E-state index is 0.00271. The van der Waals surface area contributed by atoms with Crippen LogP contribution < -0.4 is 10.6 Å². The maximum Gasteiger partial charge on any atom is 0.410 e. The summed E-state index contributed by atoms with van der Waals surface area (Å²) in [7, 11) is 0. The van der Waals surface area contributed by atoms with Gasteiger partial charge in [-0.1, -0.05) is 30.3 Å². The second kappa shape index (κ2) is 10.5. The molecule has 2 fully saturated rings. The van der Waals surface area contributed by atoms with Gasteiger partial charge >= 0.3 is 12.1 Å². The number of nitrogens with zero attached hydrogens (tertiary/aromatic N) is 3. The molecule has 198 valence electrons. The Morgan fingerprint density at radius 1 is 1.03 bits per heavy atom. The van der Waals surface area contributed by atoms with Gasteiger partial charge < -0.3 is 20.3 Å². The van der Waals surface area contributed by atoms with Crippen molar-refractivity contribution in [1.29, 1.82) is 0 Å². The first-order chi connectivity index (χ1) is 17.5. The van der Waals surface area contributed by atoms with E-state index in [1.54, 1.807) is 20.8 Å². The number of hydrogen-bond acceptors (Lipinski definition) is 5. The molecule has 0 radical (unpaired) electrons. The van der Waals surface area contributed by atoms with Gasteiger partial charge in [-0.2, -0.15) is 0 Å². The summed E-state index contributed by atoms with van der Waals surface area (Å²) in [4.78, 5) is 42.9. The van der Waals surface area contributed by atoms with Gasteiger partial charge in [0.15, 0.2) is 5.78 Å². The third-order valence-corrected chi connectivity index (χ3v) is 6.99.